The minimum absolute atomic E-state index is 0.169. The molecule has 2 heterocycles. The van der Waals surface area contributed by atoms with E-state index in [-0.39, 0.29) is 11.9 Å². The van der Waals surface area contributed by atoms with E-state index in [9.17, 15) is 9.59 Å². The third-order valence-corrected chi connectivity index (χ3v) is 25.6. The Morgan fingerprint density at radius 2 is 1.32 bits per heavy atom. The van der Waals surface area contributed by atoms with Gasteiger partial charge in [0, 0.05) is 0 Å². The fourth-order valence-electron chi connectivity index (χ4n) is 3.62. The van der Waals surface area contributed by atoms with E-state index in [4.69, 9.17) is 4.74 Å². The Morgan fingerprint density at radius 1 is 0.806 bits per heavy atom. The number of carbonyl (C=O) groups excluding carboxylic acids is 2. The predicted octanol–water partition coefficient (Wildman–Crippen LogP) is 7.13. The summed E-state index contributed by atoms with van der Waals surface area (Å²) in [5.41, 5.74) is 0. The van der Waals surface area contributed by atoms with Gasteiger partial charge in [0.2, 0.25) is 0 Å². The molecule has 2 aromatic heterocycles. The SMILES string of the molecule is CCC[CH2][Sn]([CH2]CCC)([CH2]CCC)[c]1ccc(C(=O)OC)s1.COC(=O)c1cccs1. The Morgan fingerprint density at radius 3 is 1.74 bits per heavy atom. The van der Waals surface area contributed by atoms with Crippen molar-refractivity contribution < 1.29 is 19.1 Å². The third-order valence-electron chi connectivity index (χ3n) is 5.45. The summed E-state index contributed by atoms with van der Waals surface area (Å²) in [6.07, 6.45) is 7.92. The number of methoxy groups -OCH3 is 2. The number of ether oxygens (including phenoxy) is 2. The van der Waals surface area contributed by atoms with Gasteiger partial charge in [0.05, 0.1) is 7.11 Å². The molecule has 0 aliphatic carbocycles. The molecule has 2 rings (SSSR count). The number of hydrogen-bond acceptors (Lipinski definition) is 6. The van der Waals surface area contributed by atoms with Crippen LogP contribution < -0.4 is 2.89 Å². The summed E-state index contributed by atoms with van der Waals surface area (Å²) in [5.74, 6) is -0.428. The average Bonchev–Trinajstić information content (AvgIpc) is 3.51. The largest absolute Gasteiger partial charge is 0.465 e. The standard InChI is InChI=1S/C6H6O2S.C6H5O2S.3C4H9.Sn/c2*1-8-6(7)5-3-2-4-9-5;3*1-3-4-2;/h2-4H,1H3;2-3H,1H3;3*1,3-4H2,2H3;. The van der Waals surface area contributed by atoms with Crippen LogP contribution in [-0.4, -0.2) is 44.5 Å². The van der Waals surface area contributed by atoms with Gasteiger partial charge in [-0.1, -0.05) is 6.07 Å². The molecule has 0 N–H and O–H groups in total. The maximum absolute atomic E-state index is 11.8. The normalized spacial score (nSPS) is 10.9. The first-order valence-electron chi connectivity index (χ1n) is 11.3. The Hall–Kier alpha value is -0.861. The Bertz CT molecular complexity index is 734. The van der Waals surface area contributed by atoms with Gasteiger partial charge in [0.25, 0.3) is 0 Å². The van der Waals surface area contributed by atoms with Crippen molar-refractivity contribution in [3.8, 4) is 0 Å². The molecule has 0 bridgehead atoms. The molecule has 0 saturated carbocycles. The number of esters is 2. The molecule has 31 heavy (non-hydrogen) atoms. The van der Waals surface area contributed by atoms with Crippen molar-refractivity contribution in [1.29, 1.82) is 0 Å². The van der Waals surface area contributed by atoms with Crippen molar-refractivity contribution in [3.63, 3.8) is 0 Å². The number of thiophene rings is 2. The summed E-state index contributed by atoms with van der Waals surface area (Å²) in [7, 11) is 2.85. The van der Waals surface area contributed by atoms with Gasteiger partial charge in [-0.3, -0.25) is 0 Å². The molecular weight excluding hydrogens is 535 g/mol. The Kier molecular flexibility index (Phi) is 14.4. The monoisotopic (exact) mass is 574 g/mol. The van der Waals surface area contributed by atoms with E-state index in [0.29, 0.717) is 4.88 Å². The van der Waals surface area contributed by atoms with E-state index in [1.54, 1.807) is 20.3 Å². The van der Waals surface area contributed by atoms with E-state index in [0.717, 1.165) is 4.88 Å². The van der Waals surface area contributed by atoms with Gasteiger partial charge in [-0.2, -0.15) is 0 Å². The zero-order valence-corrected chi connectivity index (χ0v) is 24.2. The van der Waals surface area contributed by atoms with Crippen LogP contribution in [0.2, 0.25) is 13.3 Å². The van der Waals surface area contributed by atoms with Gasteiger partial charge in [0.15, 0.2) is 0 Å². The summed E-state index contributed by atoms with van der Waals surface area (Å²) in [6.45, 7) is 6.89. The van der Waals surface area contributed by atoms with E-state index < -0.39 is 18.4 Å². The van der Waals surface area contributed by atoms with Crippen molar-refractivity contribution in [1.82, 2.24) is 0 Å². The number of unbranched alkanes of at least 4 members (excludes halogenated alkanes) is 3. The fraction of sp³-hybridized carbons (Fsp3) is 0.583. The Balaban J connectivity index is 0.000000442. The molecule has 0 amide bonds. The van der Waals surface area contributed by atoms with Gasteiger partial charge in [-0.05, 0) is 11.4 Å². The molecule has 0 spiro atoms. The van der Waals surface area contributed by atoms with Crippen molar-refractivity contribution >= 4 is 55.9 Å². The van der Waals surface area contributed by atoms with Crippen LogP contribution in [0, 0.1) is 0 Å². The van der Waals surface area contributed by atoms with Crippen LogP contribution in [0.1, 0.15) is 78.6 Å². The van der Waals surface area contributed by atoms with E-state index in [1.807, 2.05) is 17.5 Å². The van der Waals surface area contributed by atoms with Crippen molar-refractivity contribution in [2.45, 2.75) is 72.6 Å². The first kappa shape index (κ1) is 28.2. The molecule has 0 unspecified atom stereocenters. The van der Waals surface area contributed by atoms with Crippen LogP contribution in [0.5, 0.6) is 0 Å². The molecular formula is C24H38O4S2Sn. The second-order valence-corrected chi connectivity index (χ2v) is 23.9. The minimum atomic E-state index is -2.34. The van der Waals surface area contributed by atoms with E-state index >= 15 is 0 Å². The molecule has 0 saturated heterocycles. The summed E-state index contributed by atoms with van der Waals surface area (Å²) in [5, 5.41) is 1.84. The minimum Gasteiger partial charge on any atom is -0.465 e. The summed E-state index contributed by atoms with van der Waals surface area (Å²) in [6, 6.07) is 7.82. The molecule has 174 valence electrons. The van der Waals surface area contributed by atoms with Crippen molar-refractivity contribution in [3.05, 3.63) is 39.4 Å². The summed E-state index contributed by atoms with van der Waals surface area (Å²) < 4.78 is 15.3. The number of hydrogen-bond donors (Lipinski definition) is 0. The van der Waals surface area contributed by atoms with E-state index in [2.05, 4.69) is 31.6 Å². The quantitative estimate of drug-likeness (QED) is 0.200. The van der Waals surface area contributed by atoms with Gasteiger partial charge in [-0.25, -0.2) is 4.79 Å². The van der Waals surface area contributed by atoms with Crippen LogP contribution in [0.25, 0.3) is 0 Å². The molecule has 7 heteroatoms. The van der Waals surface area contributed by atoms with E-state index in [1.165, 1.54) is 77.4 Å². The second-order valence-electron chi connectivity index (χ2n) is 7.72. The number of rotatable bonds is 12. The topological polar surface area (TPSA) is 52.6 Å². The summed E-state index contributed by atoms with van der Waals surface area (Å²) >= 11 is 0.779. The smallest absolute Gasteiger partial charge is 0.348 e. The zero-order chi connectivity index (χ0) is 23.1. The first-order valence-corrected chi connectivity index (χ1v) is 20.5. The van der Waals surface area contributed by atoms with Gasteiger partial charge >= 0.3 is 151 Å². The van der Waals surface area contributed by atoms with Crippen molar-refractivity contribution in [2.24, 2.45) is 0 Å². The van der Waals surface area contributed by atoms with Crippen LogP contribution in [0.4, 0.5) is 0 Å². The molecule has 0 radical (unpaired) electrons. The molecule has 0 aliphatic heterocycles. The van der Waals surface area contributed by atoms with Crippen LogP contribution in [0.3, 0.4) is 0 Å². The van der Waals surface area contributed by atoms with Crippen molar-refractivity contribution in [2.75, 3.05) is 14.2 Å². The molecule has 0 aromatic carbocycles. The zero-order valence-electron chi connectivity index (χ0n) is 19.7. The number of carbonyl (C=O) groups is 2. The van der Waals surface area contributed by atoms with Gasteiger partial charge in [0.1, 0.15) is 4.88 Å². The molecule has 2 aromatic rings. The van der Waals surface area contributed by atoms with Crippen LogP contribution >= 0.6 is 22.7 Å². The molecule has 4 nitrogen and oxygen atoms in total. The molecule has 0 aliphatic rings. The third kappa shape index (κ3) is 9.26. The van der Waals surface area contributed by atoms with Gasteiger partial charge < -0.3 is 4.74 Å². The predicted molar refractivity (Wildman–Crippen MR) is 136 cm³/mol. The fourth-order valence-corrected chi connectivity index (χ4v) is 24.3. The maximum Gasteiger partial charge on any atom is 0.348 e. The Labute approximate surface area is 200 Å². The first-order chi connectivity index (χ1) is 15.0. The summed E-state index contributed by atoms with van der Waals surface area (Å²) in [4.78, 5) is 23.9. The second kappa shape index (κ2) is 15.9. The van der Waals surface area contributed by atoms with Crippen LogP contribution in [-0.2, 0) is 9.47 Å². The maximum atomic E-state index is 11.8. The molecule has 0 fully saturated rings. The average molecular weight is 573 g/mol. The van der Waals surface area contributed by atoms with Crippen LogP contribution in [0.15, 0.2) is 29.6 Å². The molecule has 0 atom stereocenters. The van der Waals surface area contributed by atoms with Gasteiger partial charge in [-0.15, -0.1) is 11.3 Å².